The SMILES string of the molecule is CN(C)C(=O)c1ccc(N)cc1Sc1ncnn1C. The maximum Gasteiger partial charge on any atom is 0.254 e. The highest BCUT2D eigenvalue weighted by atomic mass is 32.2. The second-order valence-corrected chi connectivity index (χ2v) is 5.23. The number of carbonyl (C=O) groups excluding carboxylic acids is 1. The average molecular weight is 277 g/mol. The molecule has 0 aliphatic carbocycles. The topological polar surface area (TPSA) is 77.0 Å². The quantitative estimate of drug-likeness (QED) is 0.854. The third-order valence-corrected chi connectivity index (χ3v) is 3.62. The first-order chi connectivity index (χ1) is 8.99. The van der Waals surface area contributed by atoms with Gasteiger partial charge in [0.15, 0.2) is 5.16 Å². The van der Waals surface area contributed by atoms with Gasteiger partial charge in [-0.3, -0.25) is 4.79 Å². The maximum atomic E-state index is 12.1. The summed E-state index contributed by atoms with van der Waals surface area (Å²) in [6, 6.07) is 5.23. The minimum atomic E-state index is -0.0651. The number of nitrogens with zero attached hydrogens (tertiary/aromatic N) is 4. The summed E-state index contributed by atoms with van der Waals surface area (Å²) in [5.41, 5.74) is 7.00. The second kappa shape index (κ2) is 5.31. The number of rotatable bonds is 3. The minimum Gasteiger partial charge on any atom is -0.399 e. The zero-order valence-corrected chi connectivity index (χ0v) is 11.8. The van der Waals surface area contributed by atoms with Gasteiger partial charge in [-0.15, -0.1) is 0 Å². The summed E-state index contributed by atoms with van der Waals surface area (Å²) in [4.78, 5) is 18.6. The van der Waals surface area contributed by atoms with E-state index in [0.717, 1.165) is 4.90 Å². The van der Waals surface area contributed by atoms with Crippen molar-refractivity contribution in [3.8, 4) is 0 Å². The van der Waals surface area contributed by atoms with Crippen LogP contribution in [0.1, 0.15) is 10.4 Å². The Morgan fingerprint density at radius 2 is 2.16 bits per heavy atom. The normalized spacial score (nSPS) is 10.5. The molecule has 100 valence electrons. The molecule has 2 N–H and O–H groups in total. The van der Waals surface area contributed by atoms with Gasteiger partial charge in [-0.05, 0) is 30.0 Å². The molecule has 0 aliphatic heterocycles. The van der Waals surface area contributed by atoms with Crippen LogP contribution >= 0.6 is 11.8 Å². The Morgan fingerprint density at radius 1 is 1.42 bits per heavy atom. The molecule has 1 aromatic heterocycles. The molecule has 0 fully saturated rings. The Hall–Kier alpha value is -2.02. The summed E-state index contributed by atoms with van der Waals surface area (Å²) in [6.45, 7) is 0. The number of aryl methyl sites for hydroxylation is 1. The van der Waals surface area contributed by atoms with E-state index in [9.17, 15) is 4.79 Å². The maximum absolute atomic E-state index is 12.1. The summed E-state index contributed by atoms with van der Waals surface area (Å²) in [7, 11) is 5.24. The highest BCUT2D eigenvalue weighted by molar-refractivity contribution is 7.99. The Bertz CT molecular complexity index is 608. The van der Waals surface area contributed by atoms with Gasteiger partial charge in [-0.1, -0.05) is 0 Å². The lowest BCUT2D eigenvalue weighted by molar-refractivity contribution is 0.0824. The van der Waals surface area contributed by atoms with Gasteiger partial charge in [-0.25, -0.2) is 9.67 Å². The van der Waals surface area contributed by atoms with E-state index in [1.807, 2.05) is 0 Å². The molecule has 0 atom stereocenters. The van der Waals surface area contributed by atoms with Gasteiger partial charge in [0.25, 0.3) is 5.91 Å². The van der Waals surface area contributed by atoms with E-state index < -0.39 is 0 Å². The largest absolute Gasteiger partial charge is 0.399 e. The van der Waals surface area contributed by atoms with Crippen molar-refractivity contribution in [1.29, 1.82) is 0 Å². The fraction of sp³-hybridized carbons (Fsp3) is 0.250. The molecule has 19 heavy (non-hydrogen) atoms. The molecule has 0 spiro atoms. The number of hydrogen-bond donors (Lipinski definition) is 1. The lowest BCUT2D eigenvalue weighted by atomic mass is 10.2. The van der Waals surface area contributed by atoms with E-state index in [4.69, 9.17) is 5.73 Å². The summed E-state index contributed by atoms with van der Waals surface area (Å²) in [5, 5.41) is 4.71. The standard InChI is InChI=1S/C12H15N5OS/c1-16(2)11(18)9-5-4-8(13)6-10(9)19-12-14-7-15-17(12)3/h4-7H,13H2,1-3H3. The van der Waals surface area contributed by atoms with Crippen molar-refractivity contribution < 1.29 is 4.79 Å². The van der Waals surface area contributed by atoms with E-state index in [2.05, 4.69) is 10.1 Å². The molecule has 0 radical (unpaired) electrons. The van der Waals surface area contributed by atoms with E-state index in [0.29, 0.717) is 16.4 Å². The second-order valence-electron chi connectivity index (χ2n) is 4.22. The van der Waals surface area contributed by atoms with Crippen molar-refractivity contribution in [1.82, 2.24) is 19.7 Å². The molecule has 0 bridgehead atoms. The van der Waals surface area contributed by atoms with Gasteiger partial charge < -0.3 is 10.6 Å². The van der Waals surface area contributed by atoms with E-state index in [1.165, 1.54) is 23.0 Å². The fourth-order valence-corrected chi connectivity index (χ4v) is 2.45. The van der Waals surface area contributed by atoms with Gasteiger partial charge in [0.1, 0.15) is 6.33 Å². The van der Waals surface area contributed by atoms with Crippen LogP contribution in [0.4, 0.5) is 5.69 Å². The van der Waals surface area contributed by atoms with Gasteiger partial charge in [0.2, 0.25) is 0 Å². The minimum absolute atomic E-state index is 0.0651. The highest BCUT2D eigenvalue weighted by Crippen LogP contribution is 2.30. The first kappa shape index (κ1) is 13.4. The summed E-state index contributed by atoms with van der Waals surface area (Å²) in [5.74, 6) is -0.0651. The average Bonchev–Trinajstić information content (AvgIpc) is 2.74. The van der Waals surface area contributed by atoms with Crippen LogP contribution in [0.2, 0.25) is 0 Å². The van der Waals surface area contributed by atoms with Crippen LogP contribution in [0.25, 0.3) is 0 Å². The van der Waals surface area contributed by atoms with E-state index in [1.54, 1.807) is 44.0 Å². The summed E-state index contributed by atoms with van der Waals surface area (Å²) in [6.07, 6.45) is 1.47. The Kier molecular flexibility index (Phi) is 3.75. The van der Waals surface area contributed by atoms with Crippen molar-refractivity contribution in [2.75, 3.05) is 19.8 Å². The molecule has 1 aromatic carbocycles. The Balaban J connectivity index is 2.41. The zero-order chi connectivity index (χ0) is 14.0. The lowest BCUT2D eigenvalue weighted by Gasteiger charge is -2.14. The Morgan fingerprint density at radius 3 is 2.74 bits per heavy atom. The number of amides is 1. The molecule has 7 heteroatoms. The van der Waals surface area contributed by atoms with Gasteiger partial charge >= 0.3 is 0 Å². The molecule has 0 saturated carbocycles. The molecule has 6 nitrogen and oxygen atoms in total. The van der Waals surface area contributed by atoms with E-state index in [-0.39, 0.29) is 5.91 Å². The zero-order valence-electron chi connectivity index (χ0n) is 11.0. The molecule has 1 amide bonds. The van der Waals surface area contributed by atoms with Crippen molar-refractivity contribution in [2.24, 2.45) is 7.05 Å². The fourth-order valence-electron chi connectivity index (χ4n) is 1.52. The van der Waals surface area contributed by atoms with Crippen molar-refractivity contribution in [3.63, 3.8) is 0 Å². The predicted octanol–water partition coefficient (Wildman–Crippen LogP) is 1.25. The number of aromatic nitrogens is 3. The highest BCUT2D eigenvalue weighted by Gasteiger charge is 2.16. The van der Waals surface area contributed by atoms with Crippen LogP contribution in [-0.4, -0.2) is 39.7 Å². The van der Waals surface area contributed by atoms with Crippen LogP contribution in [0.5, 0.6) is 0 Å². The molecular weight excluding hydrogens is 262 g/mol. The number of nitrogen functional groups attached to an aromatic ring is 1. The third-order valence-electron chi connectivity index (χ3n) is 2.51. The predicted molar refractivity (Wildman–Crippen MR) is 74.0 cm³/mol. The monoisotopic (exact) mass is 277 g/mol. The number of benzene rings is 1. The molecule has 1 heterocycles. The molecule has 0 aliphatic rings. The van der Waals surface area contributed by atoms with Gasteiger partial charge in [0.05, 0.1) is 5.56 Å². The van der Waals surface area contributed by atoms with Gasteiger partial charge in [0, 0.05) is 31.7 Å². The molecular formula is C12H15N5OS. The van der Waals surface area contributed by atoms with Crippen molar-refractivity contribution in [3.05, 3.63) is 30.1 Å². The van der Waals surface area contributed by atoms with Crippen LogP contribution in [0.3, 0.4) is 0 Å². The van der Waals surface area contributed by atoms with Crippen LogP contribution in [0.15, 0.2) is 34.6 Å². The summed E-state index contributed by atoms with van der Waals surface area (Å²) >= 11 is 1.37. The smallest absolute Gasteiger partial charge is 0.254 e. The van der Waals surface area contributed by atoms with Crippen molar-refractivity contribution in [2.45, 2.75) is 10.1 Å². The molecule has 2 rings (SSSR count). The first-order valence-corrected chi connectivity index (χ1v) is 6.43. The number of anilines is 1. The molecule has 2 aromatic rings. The summed E-state index contributed by atoms with van der Waals surface area (Å²) < 4.78 is 1.65. The lowest BCUT2D eigenvalue weighted by Crippen LogP contribution is -2.22. The Labute approximate surface area is 115 Å². The number of hydrogen-bond acceptors (Lipinski definition) is 5. The van der Waals surface area contributed by atoms with E-state index >= 15 is 0 Å². The van der Waals surface area contributed by atoms with Crippen LogP contribution in [-0.2, 0) is 7.05 Å². The molecule has 0 saturated heterocycles. The van der Waals surface area contributed by atoms with Crippen LogP contribution < -0.4 is 5.73 Å². The van der Waals surface area contributed by atoms with Crippen LogP contribution in [0, 0.1) is 0 Å². The van der Waals surface area contributed by atoms with Crippen molar-refractivity contribution >= 4 is 23.4 Å². The number of carbonyl (C=O) groups is 1. The third kappa shape index (κ3) is 2.87. The number of nitrogens with two attached hydrogens (primary N) is 1. The van der Waals surface area contributed by atoms with Gasteiger partial charge in [-0.2, -0.15) is 5.10 Å². The molecule has 0 unspecified atom stereocenters. The first-order valence-electron chi connectivity index (χ1n) is 5.62.